The molecule has 8 nitrogen and oxygen atoms in total. The highest BCUT2D eigenvalue weighted by Crippen LogP contribution is 2.32. The normalized spacial score (nSPS) is 11.7. The molecule has 1 heterocycles. The van der Waals surface area contributed by atoms with Crippen molar-refractivity contribution in [1.82, 2.24) is 20.5 Å². The minimum Gasteiger partial charge on any atom is -0.494 e. The van der Waals surface area contributed by atoms with Crippen LogP contribution >= 0.6 is 0 Å². The lowest BCUT2D eigenvalue weighted by Crippen LogP contribution is -2.34. The second-order valence-corrected chi connectivity index (χ2v) is 9.87. The fraction of sp³-hybridized carbons (Fsp3) is 0.303. The molecule has 0 atom stereocenters. The Morgan fingerprint density at radius 3 is 2.17 bits per heavy atom. The first-order valence-electron chi connectivity index (χ1n) is 14.3. The van der Waals surface area contributed by atoms with E-state index in [1.54, 1.807) is 42.5 Å². The molecule has 0 aliphatic rings. The van der Waals surface area contributed by atoms with Gasteiger partial charge in [0.1, 0.15) is 0 Å². The quantitative estimate of drug-likeness (QED) is 0.127. The zero-order valence-corrected chi connectivity index (χ0v) is 24.0. The fourth-order valence-electron chi connectivity index (χ4n) is 4.69. The number of nitrogens with zero attached hydrogens (tertiary/aromatic N) is 2. The fourth-order valence-corrected chi connectivity index (χ4v) is 4.69. The van der Waals surface area contributed by atoms with Gasteiger partial charge >= 0.3 is 0 Å². The minimum atomic E-state index is -0.156. The lowest BCUT2D eigenvalue weighted by molar-refractivity contribution is 0.0942. The topological polar surface area (TPSA) is 110 Å². The van der Waals surface area contributed by atoms with Crippen LogP contribution in [0, 0.1) is 0 Å². The standard InChI is InChI=1S/C33H39N5O3/c1-4-7-19-34-32(40)25-15-18-28-27(22-25)29(33(41)37-28)30(23-11-9-8-10-12-23)36-26-16-13-24(14-17-26)31(39)35-20-21-38(5-2)6-3/h8-18,22,37,41H,4-7,19-21H2,1-3H3,(H,34,40)(H,35,39). The molecule has 0 unspecified atom stereocenters. The van der Waals surface area contributed by atoms with Gasteiger partial charge in [0.25, 0.3) is 11.8 Å². The molecule has 0 fully saturated rings. The number of carbonyl (C=O) groups is 2. The summed E-state index contributed by atoms with van der Waals surface area (Å²) in [5.41, 5.74) is 4.26. The van der Waals surface area contributed by atoms with Gasteiger partial charge in [0, 0.05) is 47.2 Å². The first-order valence-corrected chi connectivity index (χ1v) is 14.3. The van der Waals surface area contributed by atoms with Crippen molar-refractivity contribution in [1.29, 1.82) is 0 Å². The molecule has 2 amide bonds. The van der Waals surface area contributed by atoms with Crippen molar-refractivity contribution in [3.8, 4) is 5.88 Å². The van der Waals surface area contributed by atoms with E-state index in [1.165, 1.54) is 0 Å². The number of hydrogen-bond acceptors (Lipinski definition) is 5. The van der Waals surface area contributed by atoms with Gasteiger partial charge in [-0.1, -0.05) is 57.5 Å². The van der Waals surface area contributed by atoms with Crippen LogP contribution in [0.5, 0.6) is 5.88 Å². The van der Waals surface area contributed by atoms with Crippen LogP contribution in [0.1, 0.15) is 65.5 Å². The predicted octanol–water partition coefficient (Wildman–Crippen LogP) is 5.64. The zero-order chi connectivity index (χ0) is 29.2. The van der Waals surface area contributed by atoms with Crippen molar-refractivity contribution in [2.75, 3.05) is 32.7 Å². The molecule has 0 aliphatic carbocycles. The van der Waals surface area contributed by atoms with Crippen molar-refractivity contribution >= 4 is 34.1 Å². The first kappa shape index (κ1) is 29.6. The number of aliphatic imine (C=N–C) groups is 1. The van der Waals surface area contributed by atoms with Crippen molar-refractivity contribution in [2.24, 2.45) is 4.99 Å². The molecule has 4 N–H and O–H groups in total. The number of hydrogen-bond donors (Lipinski definition) is 4. The van der Waals surface area contributed by atoms with E-state index in [4.69, 9.17) is 4.99 Å². The summed E-state index contributed by atoms with van der Waals surface area (Å²) >= 11 is 0. The summed E-state index contributed by atoms with van der Waals surface area (Å²) in [7, 11) is 0. The Labute approximate surface area is 241 Å². The molecule has 0 saturated carbocycles. The van der Waals surface area contributed by atoms with Gasteiger partial charge in [-0.05, 0) is 62.0 Å². The van der Waals surface area contributed by atoms with Crippen LogP contribution in [0.15, 0.2) is 77.8 Å². The summed E-state index contributed by atoms with van der Waals surface area (Å²) in [5.74, 6) is -0.318. The number of benzene rings is 3. The number of rotatable bonds is 13. The number of aromatic amines is 1. The molecule has 0 bridgehead atoms. The summed E-state index contributed by atoms with van der Waals surface area (Å²) in [6.45, 7) is 10.2. The molecule has 4 rings (SSSR count). The van der Waals surface area contributed by atoms with Crippen LogP contribution in [-0.2, 0) is 0 Å². The van der Waals surface area contributed by atoms with Gasteiger partial charge in [-0.25, -0.2) is 4.99 Å². The van der Waals surface area contributed by atoms with E-state index in [1.807, 2.05) is 30.3 Å². The lowest BCUT2D eigenvalue weighted by atomic mass is 9.99. The maximum atomic E-state index is 12.8. The Hall–Kier alpha value is -4.43. The third kappa shape index (κ3) is 7.41. The van der Waals surface area contributed by atoms with Crippen LogP contribution in [0.4, 0.5) is 5.69 Å². The Kier molecular flexibility index (Phi) is 10.3. The summed E-state index contributed by atoms with van der Waals surface area (Å²) in [5, 5.41) is 17.7. The summed E-state index contributed by atoms with van der Waals surface area (Å²) in [6.07, 6.45) is 1.90. The molecule has 3 aromatic carbocycles. The predicted molar refractivity (Wildman–Crippen MR) is 166 cm³/mol. The van der Waals surface area contributed by atoms with Gasteiger partial charge in [-0.15, -0.1) is 0 Å². The average Bonchev–Trinajstić information content (AvgIpc) is 3.33. The number of aromatic hydroxyl groups is 1. The second-order valence-electron chi connectivity index (χ2n) is 9.87. The molecule has 4 aromatic rings. The highest BCUT2D eigenvalue weighted by atomic mass is 16.3. The number of carbonyl (C=O) groups excluding carboxylic acids is 2. The third-order valence-corrected chi connectivity index (χ3v) is 7.12. The minimum absolute atomic E-state index is 0.0321. The van der Waals surface area contributed by atoms with E-state index in [0.29, 0.717) is 52.1 Å². The Balaban J connectivity index is 1.66. The van der Waals surface area contributed by atoms with Crippen LogP contribution in [0.2, 0.25) is 0 Å². The van der Waals surface area contributed by atoms with Crippen LogP contribution in [0.3, 0.4) is 0 Å². The van der Waals surface area contributed by atoms with Gasteiger partial charge in [0.15, 0.2) is 5.88 Å². The molecule has 0 aliphatic heterocycles. The number of fused-ring (bicyclic) bond motifs is 1. The van der Waals surface area contributed by atoms with E-state index in [9.17, 15) is 14.7 Å². The van der Waals surface area contributed by atoms with E-state index >= 15 is 0 Å². The highest BCUT2D eigenvalue weighted by molar-refractivity contribution is 6.22. The number of likely N-dealkylation sites (N-methyl/N-ethyl adjacent to an activating group) is 1. The second kappa shape index (κ2) is 14.3. The molecule has 0 saturated heterocycles. The molecule has 0 spiro atoms. The summed E-state index contributed by atoms with van der Waals surface area (Å²) in [6, 6.07) is 22.0. The largest absolute Gasteiger partial charge is 0.494 e. The third-order valence-electron chi connectivity index (χ3n) is 7.12. The Bertz CT molecular complexity index is 1490. The lowest BCUT2D eigenvalue weighted by Gasteiger charge is -2.17. The monoisotopic (exact) mass is 553 g/mol. The van der Waals surface area contributed by atoms with Crippen molar-refractivity contribution < 1.29 is 14.7 Å². The molecule has 0 radical (unpaired) electrons. The number of nitrogens with one attached hydrogen (secondary N) is 3. The average molecular weight is 554 g/mol. The number of aromatic nitrogens is 1. The van der Waals surface area contributed by atoms with Crippen LogP contribution < -0.4 is 10.6 Å². The molecule has 8 heteroatoms. The molecule has 1 aromatic heterocycles. The summed E-state index contributed by atoms with van der Waals surface area (Å²) < 4.78 is 0. The first-order chi connectivity index (χ1) is 19.9. The SMILES string of the molecule is CCCCNC(=O)c1ccc2[nH]c(O)c(C(=Nc3ccc(C(=O)NCCN(CC)CC)cc3)c3ccccc3)c2c1. The molecule has 41 heavy (non-hydrogen) atoms. The maximum Gasteiger partial charge on any atom is 0.251 e. The van der Waals surface area contributed by atoms with E-state index in [0.717, 1.165) is 38.0 Å². The van der Waals surface area contributed by atoms with E-state index < -0.39 is 0 Å². The van der Waals surface area contributed by atoms with E-state index in [-0.39, 0.29) is 17.7 Å². The van der Waals surface area contributed by atoms with Crippen molar-refractivity contribution in [3.05, 3.63) is 95.1 Å². The Morgan fingerprint density at radius 1 is 0.829 bits per heavy atom. The van der Waals surface area contributed by atoms with E-state index in [2.05, 4.69) is 41.3 Å². The molecular weight excluding hydrogens is 514 g/mol. The number of unbranched alkanes of at least 4 members (excludes halogenated alkanes) is 1. The maximum absolute atomic E-state index is 12.8. The van der Waals surface area contributed by atoms with Crippen LogP contribution in [0.25, 0.3) is 10.9 Å². The van der Waals surface area contributed by atoms with Crippen molar-refractivity contribution in [2.45, 2.75) is 33.6 Å². The zero-order valence-electron chi connectivity index (χ0n) is 24.0. The van der Waals surface area contributed by atoms with Gasteiger partial charge in [0.05, 0.1) is 17.0 Å². The highest BCUT2D eigenvalue weighted by Gasteiger charge is 2.20. The Morgan fingerprint density at radius 2 is 1.49 bits per heavy atom. The van der Waals surface area contributed by atoms with Crippen LogP contribution in [-0.4, -0.2) is 65.2 Å². The van der Waals surface area contributed by atoms with Gasteiger partial charge < -0.3 is 25.6 Å². The van der Waals surface area contributed by atoms with Gasteiger partial charge in [-0.3, -0.25) is 9.59 Å². The number of amides is 2. The van der Waals surface area contributed by atoms with Gasteiger partial charge in [-0.2, -0.15) is 0 Å². The smallest absolute Gasteiger partial charge is 0.251 e. The number of H-pyrrole nitrogens is 1. The summed E-state index contributed by atoms with van der Waals surface area (Å²) in [4.78, 5) is 35.7. The molecular formula is C33H39N5O3. The van der Waals surface area contributed by atoms with Crippen molar-refractivity contribution in [3.63, 3.8) is 0 Å². The molecule has 214 valence electrons. The van der Waals surface area contributed by atoms with Gasteiger partial charge in [0.2, 0.25) is 0 Å².